The van der Waals surface area contributed by atoms with Crippen LogP contribution in [-0.2, 0) is 4.79 Å². The van der Waals surface area contributed by atoms with Crippen LogP contribution < -0.4 is 20.1 Å². The molecule has 5 rings (SSSR count). The van der Waals surface area contributed by atoms with Crippen molar-refractivity contribution in [2.75, 3.05) is 24.9 Å². The lowest BCUT2D eigenvalue weighted by Gasteiger charge is -2.29. The van der Waals surface area contributed by atoms with Crippen LogP contribution in [-0.4, -0.2) is 34.9 Å². The summed E-state index contributed by atoms with van der Waals surface area (Å²) in [5.74, 6) is 2.05. The van der Waals surface area contributed by atoms with Crippen LogP contribution in [0.1, 0.15) is 18.5 Å². The van der Waals surface area contributed by atoms with E-state index in [1.165, 1.54) is 0 Å². The van der Waals surface area contributed by atoms with Crippen LogP contribution in [0.15, 0.2) is 90.1 Å². The van der Waals surface area contributed by atoms with Crippen molar-refractivity contribution in [1.29, 1.82) is 0 Å². The first kappa shape index (κ1) is 22.2. The molecule has 2 N–H and O–H groups in total. The number of hydrogen-bond acceptors (Lipinski definition) is 6. The molecule has 8 nitrogen and oxygen atoms in total. The van der Waals surface area contributed by atoms with Crippen molar-refractivity contribution in [3.8, 4) is 22.9 Å². The Morgan fingerprint density at radius 3 is 2.31 bits per heavy atom. The predicted molar refractivity (Wildman–Crippen MR) is 135 cm³/mol. The smallest absolute Gasteiger partial charge is 0.255 e. The lowest BCUT2D eigenvalue weighted by Crippen LogP contribution is -2.31. The van der Waals surface area contributed by atoms with Gasteiger partial charge >= 0.3 is 0 Å². The monoisotopic (exact) mass is 467 g/mol. The SMILES string of the molecule is COc1ccccc1NC(=O)C1=C(C)Nc2nc(-c3ccccc3)nn2C1c1ccccc1OC. The van der Waals surface area contributed by atoms with Crippen molar-refractivity contribution >= 4 is 17.5 Å². The van der Waals surface area contributed by atoms with Crippen molar-refractivity contribution in [2.45, 2.75) is 13.0 Å². The zero-order chi connectivity index (χ0) is 24.4. The van der Waals surface area contributed by atoms with Gasteiger partial charge in [-0.25, -0.2) is 4.68 Å². The van der Waals surface area contributed by atoms with Crippen molar-refractivity contribution in [2.24, 2.45) is 0 Å². The first-order valence-electron chi connectivity index (χ1n) is 11.2. The number of hydrogen-bond donors (Lipinski definition) is 2. The molecule has 0 radical (unpaired) electrons. The third kappa shape index (κ3) is 4.10. The number of nitrogens with one attached hydrogen (secondary N) is 2. The van der Waals surface area contributed by atoms with E-state index < -0.39 is 6.04 Å². The molecule has 0 fully saturated rings. The Balaban J connectivity index is 1.63. The van der Waals surface area contributed by atoms with Crippen LogP contribution in [0.5, 0.6) is 11.5 Å². The molecule has 1 aliphatic heterocycles. The molecule has 0 bridgehead atoms. The number of carbonyl (C=O) groups is 1. The third-order valence-corrected chi connectivity index (χ3v) is 5.92. The summed E-state index contributed by atoms with van der Waals surface area (Å²) in [4.78, 5) is 18.5. The van der Waals surface area contributed by atoms with E-state index in [4.69, 9.17) is 19.6 Å². The van der Waals surface area contributed by atoms with Gasteiger partial charge in [-0.3, -0.25) is 4.79 Å². The second kappa shape index (κ2) is 9.34. The number of nitrogens with zero attached hydrogens (tertiary/aromatic N) is 3. The average Bonchev–Trinajstić information content (AvgIpc) is 3.32. The Labute approximate surface area is 203 Å². The number of benzene rings is 3. The molecular formula is C27H25N5O3. The summed E-state index contributed by atoms with van der Waals surface area (Å²) in [6, 6.07) is 24.1. The minimum Gasteiger partial charge on any atom is -0.496 e. The first-order valence-corrected chi connectivity index (χ1v) is 11.2. The molecule has 0 aliphatic carbocycles. The number of aromatic nitrogens is 3. The van der Waals surface area contributed by atoms with E-state index in [-0.39, 0.29) is 5.91 Å². The fraction of sp³-hybridized carbons (Fsp3) is 0.148. The maximum atomic E-state index is 13.7. The molecule has 176 valence electrons. The van der Waals surface area contributed by atoms with Gasteiger partial charge in [0, 0.05) is 16.8 Å². The van der Waals surface area contributed by atoms with E-state index >= 15 is 0 Å². The largest absolute Gasteiger partial charge is 0.496 e. The Kier molecular flexibility index (Phi) is 5.93. The second-order valence-corrected chi connectivity index (χ2v) is 8.03. The number of rotatable bonds is 6. The number of ether oxygens (including phenoxy) is 2. The Bertz CT molecular complexity index is 1410. The average molecular weight is 468 g/mol. The fourth-order valence-electron chi connectivity index (χ4n) is 4.27. The number of allylic oxidation sites excluding steroid dienone is 1. The van der Waals surface area contributed by atoms with E-state index in [2.05, 4.69) is 10.6 Å². The van der Waals surface area contributed by atoms with E-state index in [0.717, 1.165) is 11.1 Å². The summed E-state index contributed by atoms with van der Waals surface area (Å²) in [6.45, 7) is 1.86. The molecule has 1 amide bonds. The summed E-state index contributed by atoms with van der Waals surface area (Å²) >= 11 is 0. The zero-order valence-corrected chi connectivity index (χ0v) is 19.6. The van der Waals surface area contributed by atoms with Crippen LogP contribution in [0, 0.1) is 0 Å². The Morgan fingerprint density at radius 1 is 0.914 bits per heavy atom. The third-order valence-electron chi connectivity index (χ3n) is 5.92. The topological polar surface area (TPSA) is 90.3 Å². The Morgan fingerprint density at radius 2 is 1.57 bits per heavy atom. The molecule has 35 heavy (non-hydrogen) atoms. The van der Waals surface area contributed by atoms with Crippen molar-refractivity contribution in [3.05, 3.63) is 95.7 Å². The normalized spacial score (nSPS) is 14.7. The predicted octanol–water partition coefficient (Wildman–Crippen LogP) is 4.89. The number of anilines is 2. The summed E-state index contributed by atoms with van der Waals surface area (Å²) < 4.78 is 12.8. The molecule has 2 heterocycles. The van der Waals surface area contributed by atoms with Gasteiger partial charge in [-0.05, 0) is 25.1 Å². The minimum absolute atomic E-state index is 0.280. The van der Waals surface area contributed by atoms with E-state index in [1.807, 2.05) is 73.7 Å². The van der Waals surface area contributed by atoms with Gasteiger partial charge in [0.2, 0.25) is 5.95 Å². The molecule has 8 heteroatoms. The van der Waals surface area contributed by atoms with Crippen LogP contribution in [0.4, 0.5) is 11.6 Å². The summed E-state index contributed by atoms with van der Waals surface area (Å²) in [5.41, 5.74) is 3.43. The molecule has 4 aromatic rings. The highest BCUT2D eigenvalue weighted by atomic mass is 16.5. The fourth-order valence-corrected chi connectivity index (χ4v) is 4.27. The molecule has 1 aliphatic rings. The Hall–Kier alpha value is -4.59. The number of amides is 1. The van der Waals surface area contributed by atoms with Gasteiger partial charge in [0.15, 0.2) is 5.82 Å². The van der Waals surface area contributed by atoms with Gasteiger partial charge < -0.3 is 20.1 Å². The number of methoxy groups -OCH3 is 2. The minimum atomic E-state index is -0.568. The van der Waals surface area contributed by atoms with E-state index in [0.29, 0.717) is 40.2 Å². The number of carbonyl (C=O) groups excluding carboxylic acids is 1. The standard InChI is InChI=1S/C27H25N5O3/c1-17-23(26(33)29-20-14-8-10-16-22(20)35-3)24(19-13-7-9-15-21(19)34-2)32-27(28-17)30-25(31-32)18-11-5-4-6-12-18/h4-16,24H,1-3H3,(H,29,33)(H,28,30,31). The van der Waals surface area contributed by atoms with Crippen molar-refractivity contribution in [3.63, 3.8) is 0 Å². The van der Waals surface area contributed by atoms with E-state index in [1.54, 1.807) is 31.0 Å². The number of para-hydroxylation sites is 3. The highest BCUT2D eigenvalue weighted by Gasteiger charge is 2.36. The highest BCUT2D eigenvalue weighted by Crippen LogP contribution is 2.40. The zero-order valence-electron chi connectivity index (χ0n) is 19.6. The maximum Gasteiger partial charge on any atom is 0.255 e. The molecule has 0 saturated heterocycles. The summed E-state index contributed by atoms with van der Waals surface area (Å²) in [6.07, 6.45) is 0. The van der Waals surface area contributed by atoms with Gasteiger partial charge in [-0.1, -0.05) is 60.7 Å². The molecular weight excluding hydrogens is 442 g/mol. The van der Waals surface area contributed by atoms with Crippen LogP contribution >= 0.6 is 0 Å². The summed E-state index contributed by atoms with van der Waals surface area (Å²) in [7, 11) is 3.19. The van der Waals surface area contributed by atoms with Gasteiger partial charge in [0.05, 0.1) is 25.5 Å². The molecule has 1 unspecified atom stereocenters. The van der Waals surface area contributed by atoms with Gasteiger partial charge in [0.25, 0.3) is 5.91 Å². The lowest BCUT2D eigenvalue weighted by molar-refractivity contribution is -0.113. The molecule has 1 atom stereocenters. The second-order valence-electron chi connectivity index (χ2n) is 8.03. The van der Waals surface area contributed by atoms with Crippen LogP contribution in [0.25, 0.3) is 11.4 Å². The molecule has 0 spiro atoms. The van der Waals surface area contributed by atoms with Crippen LogP contribution in [0.2, 0.25) is 0 Å². The highest BCUT2D eigenvalue weighted by molar-refractivity contribution is 6.06. The van der Waals surface area contributed by atoms with Gasteiger partial charge in [0.1, 0.15) is 17.5 Å². The lowest BCUT2D eigenvalue weighted by atomic mass is 9.94. The van der Waals surface area contributed by atoms with Crippen molar-refractivity contribution in [1.82, 2.24) is 14.8 Å². The van der Waals surface area contributed by atoms with E-state index in [9.17, 15) is 4.79 Å². The van der Waals surface area contributed by atoms with Crippen LogP contribution in [0.3, 0.4) is 0 Å². The molecule has 3 aromatic carbocycles. The molecule has 1 aromatic heterocycles. The van der Waals surface area contributed by atoms with Gasteiger partial charge in [-0.2, -0.15) is 4.98 Å². The summed E-state index contributed by atoms with van der Waals surface area (Å²) in [5, 5.41) is 11.1. The molecule has 0 saturated carbocycles. The first-order chi connectivity index (χ1) is 17.1. The quantitative estimate of drug-likeness (QED) is 0.420. The van der Waals surface area contributed by atoms with Gasteiger partial charge in [-0.15, -0.1) is 5.10 Å². The maximum absolute atomic E-state index is 13.7. The number of fused-ring (bicyclic) bond motifs is 1. The van der Waals surface area contributed by atoms with Crippen molar-refractivity contribution < 1.29 is 14.3 Å².